The predicted octanol–water partition coefficient (Wildman–Crippen LogP) is 4.94. The van der Waals surface area contributed by atoms with Gasteiger partial charge < -0.3 is 4.42 Å². The zero-order valence-corrected chi connectivity index (χ0v) is 16.9. The van der Waals surface area contributed by atoms with Gasteiger partial charge in [0.25, 0.3) is 5.56 Å². The molecule has 0 bridgehead atoms. The van der Waals surface area contributed by atoms with Crippen LogP contribution in [0.15, 0.2) is 46.0 Å². The summed E-state index contributed by atoms with van der Waals surface area (Å²) in [4.78, 5) is 24.1. The summed E-state index contributed by atoms with van der Waals surface area (Å²) in [5, 5.41) is 1.41. The van der Waals surface area contributed by atoms with Gasteiger partial charge in [-0.05, 0) is 42.9 Å². The van der Waals surface area contributed by atoms with Crippen LogP contribution >= 0.6 is 22.9 Å². The molecule has 0 spiro atoms. The minimum Gasteiger partial charge on any atom is -0.439 e. The summed E-state index contributed by atoms with van der Waals surface area (Å²) in [6.07, 6.45) is 6.37. The maximum atomic E-state index is 13.1. The molecule has 1 aromatic carbocycles. The quantitative estimate of drug-likeness (QED) is 0.479. The number of benzene rings is 1. The van der Waals surface area contributed by atoms with Gasteiger partial charge in [0.2, 0.25) is 5.89 Å². The Morgan fingerprint density at radius 2 is 2.25 bits per heavy atom. The molecule has 0 saturated carbocycles. The van der Waals surface area contributed by atoms with Crippen molar-refractivity contribution in [3.63, 3.8) is 0 Å². The molecule has 142 valence electrons. The second-order valence-corrected chi connectivity index (χ2v) is 8.86. The monoisotopic (exact) mass is 411 g/mol. The molecule has 7 heteroatoms. The van der Waals surface area contributed by atoms with Gasteiger partial charge in [-0.25, -0.2) is 9.97 Å². The average molecular weight is 412 g/mol. The van der Waals surface area contributed by atoms with E-state index in [1.165, 1.54) is 10.4 Å². The Bertz CT molecular complexity index is 1240. The summed E-state index contributed by atoms with van der Waals surface area (Å²) in [5.41, 5.74) is 2.03. The molecular formula is C21H18ClN3O2S. The fourth-order valence-electron chi connectivity index (χ4n) is 3.78. The lowest BCUT2D eigenvalue weighted by molar-refractivity contribution is 0.483. The minimum atomic E-state index is -0.0143. The fraction of sp³-hybridized carbons (Fsp3) is 0.286. The molecule has 0 aliphatic heterocycles. The van der Waals surface area contributed by atoms with Gasteiger partial charge in [0.1, 0.15) is 11.4 Å². The summed E-state index contributed by atoms with van der Waals surface area (Å²) < 4.78 is 7.43. The highest BCUT2D eigenvalue weighted by atomic mass is 35.5. The third-order valence-corrected chi connectivity index (χ3v) is 6.65. The number of halogens is 1. The van der Waals surface area contributed by atoms with E-state index in [0.717, 1.165) is 35.0 Å². The predicted molar refractivity (Wildman–Crippen MR) is 111 cm³/mol. The van der Waals surface area contributed by atoms with Crippen LogP contribution < -0.4 is 5.56 Å². The van der Waals surface area contributed by atoms with E-state index in [1.54, 1.807) is 28.4 Å². The lowest BCUT2D eigenvalue weighted by Crippen LogP contribution is -2.22. The van der Waals surface area contributed by atoms with Crippen LogP contribution in [0.1, 0.15) is 29.7 Å². The van der Waals surface area contributed by atoms with Crippen molar-refractivity contribution in [1.82, 2.24) is 14.5 Å². The number of hydrogen-bond acceptors (Lipinski definition) is 5. The first-order chi connectivity index (χ1) is 13.6. The van der Waals surface area contributed by atoms with Crippen LogP contribution in [-0.2, 0) is 19.4 Å². The smallest absolute Gasteiger partial charge is 0.262 e. The first kappa shape index (κ1) is 17.6. The van der Waals surface area contributed by atoms with Gasteiger partial charge >= 0.3 is 0 Å². The van der Waals surface area contributed by atoms with E-state index in [1.807, 2.05) is 24.3 Å². The Hall–Kier alpha value is -2.44. The number of nitrogens with zero attached hydrogens (tertiary/aromatic N) is 3. The Morgan fingerprint density at radius 3 is 3.11 bits per heavy atom. The topological polar surface area (TPSA) is 60.9 Å². The molecule has 0 radical (unpaired) electrons. The van der Waals surface area contributed by atoms with Crippen LogP contribution in [0.3, 0.4) is 0 Å². The van der Waals surface area contributed by atoms with Crippen molar-refractivity contribution in [2.24, 2.45) is 5.92 Å². The lowest BCUT2D eigenvalue weighted by Gasteiger charge is -2.17. The van der Waals surface area contributed by atoms with Gasteiger partial charge in [0.05, 0.1) is 17.9 Å². The first-order valence-corrected chi connectivity index (χ1v) is 10.5. The number of rotatable bonds is 3. The van der Waals surface area contributed by atoms with E-state index >= 15 is 0 Å². The molecule has 5 rings (SSSR count). The van der Waals surface area contributed by atoms with Crippen LogP contribution in [0.25, 0.3) is 21.5 Å². The van der Waals surface area contributed by atoms with Crippen molar-refractivity contribution in [3.05, 3.63) is 68.5 Å². The standard InChI is InChI=1S/C21H18ClN3O2S/c1-12-5-6-15-17(7-12)28-20-19(15)21(26)25(11-24-20)10-18-23-9-16(27-18)13-3-2-4-14(22)8-13/h2-4,8-9,11-12H,5-7,10H2,1H3. The number of hydrogen-bond donors (Lipinski definition) is 0. The van der Waals surface area contributed by atoms with Crippen molar-refractivity contribution in [2.75, 3.05) is 0 Å². The number of aromatic nitrogens is 3. The molecule has 1 unspecified atom stereocenters. The lowest BCUT2D eigenvalue weighted by atomic mass is 9.89. The van der Waals surface area contributed by atoms with Crippen LogP contribution in [-0.4, -0.2) is 14.5 Å². The molecule has 1 aliphatic carbocycles. The molecule has 28 heavy (non-hydrogen) atoms. The zero-order chi connectivity index (χ0) is 19.3. The molecule has 3 aromatic heterocycles. The summed E-state index contributed by atoms with van der Waals surface area (Å²) >= 11 is 7.71. The number of oxazole rings is 1. The summed E-state index contributed by atoms with van der Waals surface area (Å²) in [7, 11) is 0. The SMILES string of the molecule is CC1CCc2c(sc3ncn(Cc4ncc(-c5cccc(Cl)c5)o4)c(=O)c23)C1. The molecular weight excluding hydrogens is 394 g/mol. The van der Waals surface area contributed by atoms with Gasteiger partial charge in [-0.3, -0.25) is 9.36 Å². The Labute approximate surface area is 170 Å². The van der Waals surface area contributed by atoms with E-state index in [2.05, 4.69) is 16.9 Å². The minimum absolute atomic E-state index is 0.0143. The largest absolute Gasteiger partial charge is 0.439 e. The Balaban J connectivity index is 1.49. The van der Waals surface area contributed by atoms with E-state index in [9.17, 15) is 4.79 Å². The van der Waals surface area contributed by atoms with Gasteiger partial charge in [-0.1, -0.05) is 30.7 Å². The zero-order valence-electron chi connectivity index (χ0n) is 15.3. The highest BCUT2D eigenvalue weighted by Gasteiger charge is 2.23. The second kappa shape index (κ2) is 6.87. The van der Waals surface area contributed by atoms with E-state index in [-0.39, 0.29) is 12.1 Å². The van der Waals surface area contributed by atoms with Gasteiger partial charge in [0, 0.05) is 15.5 Å². The van der Waals surface area contributed by atoms with Crippen LogP contribution in [0.2, 0.25) is 5.02 Å². The highest BCUT2D eigenvalue weighted by Crippen LogP contribution is 2.35. The van der Waals surface area contributed by atoms with Crippen molar-refractivity contribution in [1.29, 1.82) is 0 Å². The molecule has 5 nitrogen and oxygen atoms in total. The molecule has 0 amide bonds. The first-order valence-electron chi connectivity index (χ1n) is 9.29. The van der Waals surface area contributed by atoms with E-state index < -0.39 is 0 Å². The number of thiophene rings is 1. The van der Waals surface area contributed by atoms with Crippen LogP contribution in [0, 0.1) is 5.92 Å². The van der Waals surface area contributed by atoms with Gasteiger partial charge in [0.15, 0.2) is 5.76 Å². The summed E-state index contributed by atoms with van der Waals surface area (Å²) in [6.45, 7) is 2.52. The highest BCUT2D eigenvalue weighted by molar-refractivity contribution is 7.18. The maximum absolute atomic E-state index is 13.1. The summed E-state index contributed by atoms with van der Waals surface area (Å²) in [5.74, 6) is 1.76. The van der Waals surface area contributed by atoms with Gasteiger partial charge in [-0.2, -0.15) is 0 Å². The van der Waals surface area contributed by atoms with E-state index in [0.29, 0.717) is 22.6 Å². The van der Waals surface area contributed by atoms with Crippen LogP contribution in [0.4, 0.5) is 0 Å². The number of fused-ring (bicyclic) bond motifs is 3. The Kier molecular flexibility index (Phi) is 4.33. The molecule has 3 heterocycles. The normalized spacial score (nSPS) is 16.4. The van der Waals surface area contributed by atoms with Gasteiger partial charge in [-0.15, -0.1) is 11.3 Å². The van der Waals surface area contributed by atoms with Crippen LogP contribution in [0.5, 0.6) is 0 Å². The average Bonchev–Trinajstić information content (AvgIpc) is 3.28. The van der Waals surface area contributed by atoms with Crippen molar-refractivity contribution >= 4 is 33.2 Å². The third-order valence-electron chi connectivity index (χ3n) is 5.25. The molecule has 1 aliphatic rings. The molecule has 0 saturated heterocycles. The molecule has 4 aromatic rings. The molecule has 0 fully saturated rings. The third kappa shape index (κ3) is 3.06. The Morgan fingerprint density at radius 1 is 1.36 bits per heavy atom. The summed E-state index contributed by atoms with van der Waals surface area (Å²) in [6, 6.07) is 7.41. The molecule has 0 N–H and O–H groups in total. The molecule has 1 atom stereocenters. The second-order valence-electron chi connectivity index (χ2n) is 7.34. The van der Waals surface area contributed by atoms with Crippen molar-refractivity contribution in [2.45, 2.75) is 32.7 Å². The van der Waals surface area contributed by atoms with E-state index in [4.69, 9.17) is 16.0 Å². The van der Waals surface area contributed by atoms with Crippen molar-refractivity contribution in [3.8, 4) is 11.3 Å². The number of aryl methyl sites for hydroxylation is 1. The van der Waals surface area contributed by atoms with Crippen molar-refractivity contribution < 1.29 is 4.42 Å². The fourth-order valence-corrected chi connectivity index (χ4v) is 5.31. The maximum Gasteiger partial charge on any atom is 0.262 e.